The fraction of sp³-hybridized carbons (Fsp3) is 0.125. The van der Waals surface area contributed by atoms with Crippen LogP contribution in [0, 0.1) is 17.5 Å². The Morgan fingerprint density at radius 1 is 1.05 bits per heavy atom. The first-order valence-electron chi connectivity index (χ1n) is 6.68. The molecule has 0 aliphatic heterocycles. The van der Waals surface area contributed by atoms with Crippen LogP contribution in [0.2, 0.25) is 0 Å². The van der Waals surface area contributed by atoms with E-state index in [0.29, 0.717) is 23.8 Å². The molecule has 0 spiro atoms. The Balaban J connectivity index is 2.41. The summed E-state index contributed by atoms with van der Waals surface area (Å²) in [6.45, 7) is 1.76. The third kappa shape index (κ3) is 2.26. The van der Waals surface area contributed by atoms with Crippen LogP contribution >= 0.6 is 0 Å². The number of hydrogen-bond acceptors (Lipinski definition) is 2. The molecule has 3 aromatic rings. The van der Waals surface area contributed by atoms with E-state index in [2.05, 4.69) is 4.98 Å². The molecule has 3 nitrogen and oxygen atoms in total. The molecule has 0 saturated carbocycles. The molecule has 0 atom stereocenters. The van der Waals surface area contributed by atoms with E-state index in [-0.39, 0.29) is 11.1 Å². The van der Waals surface area contributed by atoms with Gasteiger partial charge in [0.1, 0.15) is 23.3 Å². The fourth-order valence-electron chi connectivity index (χ4n) is 2.35. The molecule has 0 aliphatic rings. The third-order valence-corrected chi connectivity index (χ3v) is 3.37. The summed E-state index contributed by atoms with van der Waals surface area (Å²) in [5.74, 6) is -1.89. The van der Waals surface area contributed by atoms with Crippen LogP contribution < -0.4 is 5.56 Å². The van der Waals surface area contributed by atoms with Gasteiger partial charge in [-0.25, -0.2) is 18.2 Å². The maximum atomic E-state index is 14.0. The zero-order valence-corrected chi connectivity index (χ0v) is 11.6. The molecule has 0 radical (unpaired) electrons. The third-order valence-electron chi connectivity index (χ3n) is 3.37. The highest BCUT2D eigenvalue weighted by atomic mass is 19.1. The first-order chi connectivity index (χ1) is 10.5. The second-order valence-electron chi connectivity index (χ2n) is 4.78. The van der Waals surface area contributed by atoms with Crippen LogP contribution in [0.3, 0.4) is 0 Å². The lowest BCUT2D eigenvalue weighted by atomic mass is 10.2. The van der Waals surface area contributed by atoms with E-state index >= 15 is 0 Å². The summed E-state index contributed by atoms with van der Waals surface area (Å²) in [5, 5.41) is 0.0425. The van der Waals surface area contributed by atoms with Crippen molar-refractivity contribution in [2.45, 2.75) is 13.3 Å². The monoisotopic (exact) mass is 304 g/mol. The van der Waals surface area contributed by atoms with E-state index in [9.17, 15) is 18.0 Å². The molecule has 22 heavy (non-hydrogen) atoms. The maximum absolute atomic E-state index is 14.0. The second-order valence-corrected chi connectivity index (χ2v) is 4.78. The summed E-state index contributed by atoms with van der Waals surface area (Å²) in [6, 6.07) is 6.57. The van der Waals surface area contributed by atoms with E-state index in [1.54, 1.807) is 6.92 Å². The van der Waals surface area contributed by atoms with Crippen LogP contribution in [0.15, 0.2) is 41.2 Å². The maximum Gasteiger partial charge on any atom is 0.266 e. The van der Waals surface area contributed by atoms with Crippen molar-refractivity contribution < 1.29 is 13.2 Å². The zero-order valence-electron chi connectivity index (χ0n) is 11.6. The van der Waals surface area contributed by atoms with Gasteiger partial charge in [-0.1, -0.05) is 6.92 Å². The molecule has 0 saturated heterocycles. The Labute approximate surface area is 123 Å². The van der Waals surface area contributed by atoms with Crippen molar-refractivity contribution in [3.63, 3.8) is 0 Å². The van der Waals surface area contributed by atoms with E-state index in [0.717, 1.165) is 22.8 Å². The van der Waals surface area contributed by atoms with Crippen LogP contribution in [0.25, 0.3) is 16.6 Å². The zero-order chi connectivity index (χ0) is 15.9. The van der Waals surface area contributed by atoms with Gasteiger partial charge in [-0.2, -0.15) is 0 Å². The van der Waals surface area contributed by atoms with Crippen LogP contribution in [0.5, 0.6) is 0 Å². The van der Waals surface area contributed by atoms with Crippen molar-refractivity contribution >= 4 is 10.9 Å². The lowest BCUT2D eigenvalue weighted by molar-refractivity contribution is 0.574. The van der Waals surface area contributed by atoms with Crippen molar-refractivity contribution in [1.29, 1.82) is 0 Å². The summed E-state index contributed by atoms with van der Waals surface area (Å²) in [5.41, 5.74) is -0.365. The first kappa shape index (κ1) is 14.3. The predicted molar refractivity (Wildman–Crippen MR) is 76.6 cm³/mol. The van der Waals surface area contributed by atoms with E-state index in [1.807, 2.05) is 0 Å². The summed E-state index contributed by atoms with van der Waals surface area (Å²) in [6.07, 6.45) is 0.360. The normalized spacial score (nSPS) is 11.1. The highest BCUT2D eigenvalue weighted by Crippen LogP contribution is 2.18. The minimum atomic E-state index is -0.880. The molecule has 112 valence electrons. The molecule has 6 heteroatoms. The number of aryl methyl sites for hydroxylation is 1. The van der Waals surface area contributed by atoms with Crippen molar-refractivity contribution in [3.8, 4) is 5.69 Å². The largest absolute Gasteiger partial charge is 0.268 e. The summed E-state index contributed by atoms with van der Waals surface area (Å²) >= 11 is 0. The van der Waals surface area contributed by atoms with Crippen molar-refractivity contribution in [1.82, 2.24) is 9.55 Å². The molecule has 0 aliphatic carbocycles. The second kappa shape index (κ2) is 5.29. The van der Waals surface area contributed by atoms with Gasteiger partial charge in [0.05, 0.1) is 16.6 Å². The molecule has 0 N–H and O–H groups in total. The van der Waals surface area contributed by atoms with Gasteiger partial charge in [0.2, 0.25) is 0 Å². The van der Waals surface area contributed by atoms with Crippen molar-refractivity contribution in [3.05, 3.63) is 70.0 Å². The SMILES string of the molecule is CCc1nc2ccc(F)cc2c(=O)n1-c1ccc(F)cc1F. The van der Waals surface area contributed by atoms with E-state index < -0.39 is 23.0 Å². The number of rotatable bonds is 2. The Bertz CT molecular complexity index is 935. The van der Waals surface area contributed by atoms with Crippen LogP contribution in [0.4, 0.5) is 13.2 Å². The van der Waals surface area contributed by atoms with Crippen LogP contribution in [-0.4, -0.2) is 9.55 Å². The van der Waals surface area contributed by atoms with Gasteiger partial charge in [-0.05, 0) is 30.3 Å². The number of benzene rings is 2. The Hall–Kier alpha value is -2.63. The van der Waals surface area contributed by atoms with Gasteiger partial charge in [0.15, 0.2) is 0 Å². The van der Waals surface area contributed by atoms with E-state index in [4.69, 9.17) is 0 Å². The average Bonchev–Trinajstić information content (AvgIpc) is 2.49. The molecule has 1 heterocycles. The molecule has 3 rings (SSSR count). The fourth-order valence-corrected chi connectivity index (χ4v) is 2.35. The number of fused-ring (bicyclic) bond motifs is 1. The summed E-state index contributed by atoms with van der Waals surface area (Å²) < 4.78 is 41.5. The standard InChI is InChI=1S/C16H11F3N2O/c1-2-15-20-13-5-3-9(17)7-11(13)16(22)21(15)14-6-4-10(18)8-12(14)19/h3-8H,2H2,1H3. The first-order valence-corrected chi connectivity index (χ1v) is 6.68. The van der Waals surface area contributed by atoms with Gasteiger partial charge in [0, 0.05) is 12.5 Å². The van der Waals surface area contributed by atoms with Crippen molar-refractivity contribution in [2.24, 2.45) is 0 Å². The number of nitrogens with zero attached hydrogens (tertiary/aromatic N) is 2. The Morgan fingerprint density at radius 2 is 1.73 bits per heavy atom. The quantitative estimate of drug-likeness (QED) is 0.727. The smallest absolute Gasteiger partial charge is 0.266 e. The van der Waals surface area contributed by atoms with Gasteiger partial charge in [0.25, 0.3) is 5.56 Å². The van der Waals surface area contributed by atoms with E-state index in [1.165, 1.54) is 12.1 Å². The minimum absolute atomic E-state index is 0.0425. The molecular weight excluding hydrogens is 293 g/mol. The molecule has 2 aromatic carbocycles. The molecule has 0 amide bonds. The minimum Gasteiger partial charge on any atom is -0.268 e. The topological polar surface area (TPSA) is 34.9 Å². The van der Waals surface area contributed by atoms with Gasteiger partial charge in [-0.15, -0.1) is 0 Å². The highest BCUT2D eigenvalue weighted by Gasteiger charge is 2.15. The van der Waals surface area contributed by atoms with Gasteiger partial charge in [-0.3, -0.25) is 9.36 Å². The molecule has 0 fully saturated rings. The molecule has 0 bridgehead atoms. The Kier molecular flexibility index (Phi) is 3.44. The number of hydrogen-bond donors (Lipinski definition) is 0. The lowest BCUT2D eigenvalue weighted by Crippen LogP contribution is -2.24. The average molecular weight is 304 g/mol. The van der Waals surface area contributed by atoms with Gasteiger partial charge < -0.3 is 0 Å². The Morgan fingerprint density at radius 3 is 2.41 bits per heavy atom. The highest BCUT2D eigenvalue weighted by molar-refractivity contribution is 5.78. The van der Waals surface area contributed by atoms with Gasteiger partial charge >= 0.3 is 0 Å². The number of halogens is 3. The van der Waals surface area contributed by atoms with Crippen molar-refractivity contribution in [2.75, 3.05) is 0 Å². The molecular formula is C16H11F3N2O. The lowest BCUT2D eigenvalue weighted by Gasteiger charge is -2.13. The summed E-state index contributed by atoms with van der Waals surface area (Å²) in [7, 11) is 0. The predicted octanol–water partition coefficient (Wildman–Crippen LogP) is 3.37. The van der Waals surface area contributed by atoms with Crippen LogP contribution in [0.1, 0.15) is 12.7 Å². The number of aromatic nitrogens is 2. The summed E-state index contributed by atoms with van der Waals surface area (Å²) in [4.78, 5) is 16.9. The molecule has 1 aromatic heterocycles. The molecule has 0 unspecified atom stereocenters. The van der Waals surface area contributed by atoms with Crippen LogP contribution in [-0.2, 0) is 6.42 Å².